The van der Waals surface area contributed by atoms with Crippen LogP contribution in [-0.4, -0.2) is 37.7 Å². The van der Waals surface area contributed by atoms with Gasteiger partial charge in [0.05, 0.1) is 24.7 Å². The topological polar surface area (TPSA) is 113 Å². The summed E-state index contributed by atoms with van der Waals surface area (Å²) in [5.41, 5.74) is 3.11. The van der Waals surface area contributed by atoms with Crippen molar-refractivity contribution in [2.75, 3.05) is 23.4 Å². The molecule has 8 nitrogen and oxygen atoms in total. The van der Waals surface area contributed by atoms with Gasteiger partial charge in [-0.2, -0.15) is 0 Å². The molecule has 0 bridgehead atoms. The van der Waals surface area contributed by atoms with E-state index in [9.17, 15) is 22.0 Å². The van der Waals surface area contributed by atoms with Gasteiger partial charge < -0.3 is 15.0 Å². The maximum atomic E-state index is 14.7. The molecular weight excluding hydrogens is 526 g/mol. The number of aromatic amines is 1. The molecule has 11 heteroatoms. The Morgan fingerprint density at radius 2 is 1.72 bits per heavy atom. The number of H-pyrrole nitrogens is 1. The molecule has 5 aromatic rings. The highest BCUT2D eigenvalue weighted by atomic mass is 32.2. The number of nitrogens with zero attached hydrogens (tertiary/aromatic N) is 1. The number of carbonyl (C=O) groups is 1. The molecule has 0 radical (unpaired) electrons. The molecule has 0 aliphatic carbocycles. The first-order valence-electron chi connectivity index (χ1n) is 11.6. The minimum atomic E-state index is -3.46. The van der Waals surface area contributed by atoms with Crippen LogP contribution >= 0.6 is 0 Å². The third-order valence-electron chi connectivity index (χ3n) is 5.83. The van der Waals surface area contributed by atoms with Crippen LogP contribution in [0.4, 0.5) is 20.2 Å². The number of amides is 1. The maximum absolute atomic E-state index is 14.7. The van der Waals surface area contributed by atoms with Crippen LogP contribution in [0, 0.1) is 11.6 Å². The fourth-order valence-corrected chi connectivity index (χ4v) is 4.70. The minimum absolute atomic E-state index is 0.146. The van der Waals surface area contributed by atoms with Crippen LogP contribution in [0.25, 0.3) is 33.3 Å². The molecule has 1 amide bonds. The molecule has 198 valence electrons. The van der Waals surface area contributed by atoms with E-state index in [0.29, 0.717) is 45.0 Å². The van der Waals surface area contributed by atoms with Crippen LogP contribution in [0.2, 0.25) is 0 Å². The predicted molar refractivity (Wildman–Crippen MR) is 146 cm³/mol. The second-order valence-electron chi connectivity index (χ2n) is 8.80. The smallest absolute Gasteiger partial charge is 0.272 e. The third kappa shape index (κ3) is 5.88. The second kappa shape index (κ2) is 10.2. The highest BCUT2D eigenvalue weighted by molar-refractivity contribution is 7.92. The molecule has 0 saturated heterocycles. The van der Waals surface area contributed by atoms with Crippen LogP contribution in [0.5, 0.6) is 5.88 Å². The Bertz CT molecular complexity index is 1840. The first-order valence-corrected chi connectivity index (χ1v) is 13.5. The number of ether oxygens (including phenoxy) is 1. The number of pyridine rings is 1. The zero-order chi connectivity index (χ0) is 27.7. The SMILES string of the molecule is COc1cccc(-c2cc(NC(=O)c3cc4ccc(NS(C)(=O)=O)cc4[nH]3)cc(-c3ccc(F)cc3F)c2)n1. The summed E-state index contributed by atoms with van der Waals surface area (Å²) in [5.74, 6) is -1.56. The van der Waals surface area contributed by atoms with Gasteiger partial charge in [-0.3, -0.25) is 9.52 Å². The number of nitrogens with one attached hydrogen (secondary N) is 3. The third-order valence-corrected chi connectivity index (χ3v) is 6.44. The van der Waals surface area contributed by atoms with E-state index in [1.165, 1.54) is 13.2 Å². The molecule has 0 spiro atoms. The number of sulfonamides is 1. The molecule has 3 N–H and O–H groups in total. The van der Waals surface area contributed by atoms with Crippen molar-refractivity contribution < 1.29 is 26.7 Å². The van der Waals surface area contributed by atoms with Crippen LogP contribution in [0.15, 0.2) is 78.9 Å². The molecule has 3 aromatic carbocycles. The van der Waals surface area contributed by atoms with E-state index in [4.69, 9.17) is 4.74 Å². The summed E-state index contributed by atoms with van der Waals surface area (Å²) in [6.07, 6.45) is 1.05. The molecule has 0 aliphatic heterocycles. The largest absolute Gasteiger partial charge is 0.481 e. The Morgan fingerprint density at radius 3 is 2.46 bits per heavy atom. The zero-order valence-electron chi connectivity index (χ0n) is 20.7. The summed E-state index contributed by atoms with van der Waals surface area (Å²) in [6.45, 7) is 0. The quantitative estimate of drug-likeness (QED) is 0.238. The van der Waals surface area contributed by atoms with E-state index in [1.807, 2.05) is 0 Å². The van der Waals surface area contributed by atoms with Crippen molar-refractivity contribution in [3.63, 3.8) is 0 Å². The van der Waals surface area contributed by atoms with Crippen molar-refractivity contribution in [3.05, 3.63) is 96.2 Å². The van der Waals surface area contributed by atoms with Gasteiger partial charge in [-0.05, 0) is 60.2 Å². The normalized spacial score (nSPS) is 11.4. The van der Waals surface area contributed by atoms with Crippen molar-refractivity contribution in [1.82, 2.24) is 9.97 Å². The number of halogens is 2. The second-order valence-corrected chi connectivity index (χ2v) is 10.6. The fourth-order valence-electron chi connectivity index (χ4n) is 4.14. The van der Waals surface area contributed by atoms with Crippen LogP contribution in [0.3, 0.4) is 0 Å². The summed E-state index contributed by atoms with van der Waals surface area (Å²) in [5, 5.41) is 3.51. The van der Waals surface area contributed by atoms with Crippen LogP contribution in [0.1, 0.15) is 10.5 Å². The number of rotatable bonds is 7. The number of fused-ring (bicyclic) bond motifs is 1. The van der Waals surface area contributed by atoms with Gasteiger partial charge in [0.15, 0.2) is 0 Å². The molecular formula is C28H22F2N4O4S. The van der Waals surface area contributed by atoms with Gasteiger partial charge in [-0.25, -0.2) is 22.2 Å². The number of hydrogen-bond acceptors (Lipinski definition) is 5. The molecule has 39 heavy (non-hydrogen) atoms. The molecule has 0 saturated carbocycles. The van der Waals surface area contributed by atoms with Gasteiger partial charge in [-0.15, -0.1) is 0 Å². The average Bonchev–Trinajstić information content (AvgIpc) is 3.31. The van der Waals surface area contributed by atoms with Crippen molar-refractivity contribution >= 4 is 38.2 Å². The average molecular weight is 549 g/mol. The minimum Gasteiger partial charge on any atom is -0.481 e. The lowest BCUT2D eigenvalue weighted by atomic mass is 9.99. The van der Waals surface area contributed by atoms with Crippen molar-refractivity contribution in [2.45, 2.75) is 0 Å². The van der Waals surface area contributed by atoms with Gasteiger partial charge in [0.1, 0.15) is 17.3 Å². The molecule has 0 aliphatic rings. The Balaban J connectivity index is 1.52. The van der Waals surface area contributed by atoms with E-state index in [0.717, 1.165) is 18.4 Å². The number of methoxy groups -OCH3 is 1. The highest BCUT2D eigenvalue weighted by Gasteiger charge is 2.15. The number of anilines is 2. The van der Waals surface area contributed by atoms with Crippen LogP contribution < -0.4 is 14.8 Å². The molecule has 5 rings (SSSR count). The number of aromatic nitrogens is 2. The lowest BCUT2D eigenvalue weighted by Gasteiger charge is -2.12. The van der Waals surface area contributed by atoms with Crippen molar-refractivity contribution in [2.24, 2.45) is 0 Å². The lowest BCUT2D eigenvalue weighted by molar-refractivity contribution is 0.102. The number of benzene rings is 3. The molecule has 0 atom stereocenters. The molecule has 2 heterocycles. The van der Waals surface area contributed by atoms with Gasteiger partial charge in [0.2, 0.25) is 15.9 Å². The highest BCUT2D eigenvalue weighted by Crippen LogP contribution is 2.32. The summed E-state index contributed by atoms with van der Waals surface area (Å²) in [6, 6.07) is 19.9. The van der Waals surface area contributed by atoms with E-state index in [-0.39, 0.29) is 11.3 Å². The number of hydrogen-bond donors (Lipinski definition) is 3. The maximum Gasteiger partial charge on any atom is 0.272 e. The van der Waals surface area contributed by atoms with Crippen LogP contribution in [-0.2, 0) is 10.0 Å². The van der Waals surface area contributed by atoms with Crippen molar-refractivity contribution in [1.29, 1.82) is 0 Å². The fraction of sp³-hybridized carbons (Fsp3) is 0.0714. The molecule has 2 aromatic heterocycles. The summed E-state index contributed by atoms with van der Waals surface area (Å²) in [4.78, 5) is 20.6. The zero-order valence-corrected chi connectivity index (χ0v) is 21.6. The lowest BCUT2D eigenvalue weighted by Crippen LogP contribution is -2.12. The standard InChI is InChI=1S/C28H22F2N4O4S/c1-38-27-5-3-4-24(33-27)18-10-17(22-9-7-19(29)14-23(22)30)11-21(12-18)31-28(35)26-13-16-6-8-20(15-25(16)32-26)34-39(2,36)37/h3-15,32,34H,1-2H3,(H,31,35). The number of carbonyl (C=O) groups excluding carboxylic acids is 1. The van der Waals surface area contributed by atoms with Gasteiger partial charge in [0.25, 0.3) is 5.91 Å². The van der Waals surface area contributed by atoms with Gasteiger partial charge in [0, 0.05) is 39.8 Å². The molecule has 0 unspecified atom stereocenters. The Labute approximate surface area is 222 Å². The molecule has 0 fully saturated rings. The van der Waals surface area contributed by atoms with E-state index >= 15 is 0 Å². The summed E-state index contributed by atoms with van der Waals surface area (Å²) < 4.78 is 59.0. The van der Waals surface area contributed by atoms with Crippen molar-refractivity contribution in [3.8, 4) is 28.3 Å². The summed E-state index contributed by atoms with van der Waals surface area (Å²) in [7, 11) is -1.98. The first kappa shape index (κ1) is 25.9. The Hall–Kier alpha value is -4.77. The van der Waals surface area contributed by atoms with E-state index in [1.54, 1.807) is 60.7 Å². The van der Waals surface area contributed by atoms with Gasteiger partial charge >= 0.3 is 0 Å². The Morgan fingerprint density at radius 1 is 0.923 bits per heavy atom. The van der Waals surface area contributed by atoms with E-state index in [2.05, 4.69) is 20.0 Å². The van der Waals surface area contributed by atoms with Gasteiger partial charge in [-0.1, -0.05) is 12.1 Å². The summed E-state index contributed by atoms with van der Waals surface area (Å²) >= 11 is 0. The first-order chi connectivity index (χ1) is 18.6. The monoisotopic (exact) mass is 548 g/mol. The van der Waals surface area contributed by atoms with E-state index < -0.39 is 27.6 Å². The Kier molecular flexibility index (Phi) is 6.75. The predicted octanol–water partition coefficient (Wildman–Crippen LogP) is 5.81.